The van der Waals surface area contributed by atoms with Crippen molar-refractivity contribution in [2.45, 2.75) is 12.8 Å². The van der Waals surface area contributed by atoms with Crippen molar-refractivity contribution < 1.29 is 4.79 Å². The van der Waals surface area contributed by atoms with Gasteiger partial charge in [0.1, 0.15) is 0 Å². The van der Waals surface area contributed by atoms with Crippen molar-refractivity contribution >= 4 is 29.5 Å². The molecule has 1 aromatic heterocycles. The van der Waals surface area contributed by atoms with E-state index in [0.29, 0.717) is 22.7 Å². The molecule has 0 saturated heterocycles. The summed E-state index contributed by atoms with van der Waals surface area (Å²) < 4.78 is 1.91. The molecule has 2 aromatic carbocycles. The second-order valence-corrected chi connectivity index (χ2v) is 6.08. The van der Waals surface area contributed by atoms with E-state index in [1.54, 1.807) is 0 Å². The molecule has 0 saturated carbocycles. The van der Waals surface area contributed by atoms with E-state index in [2.05, 4.69) is 32.7 Å². The zero-order valence-electron chi connectivity index (χ0n) is 13.3. The molecule has 1 aliphatic rings. The number of rotatable bonds is 4. The molecule has 2 N–H and O–H groups in total. The van der Waals surface area contributed by atoms with E-state index < -0.39 is 0 Å². The van der Waals surface area contributed by atoms with Crippen LogP contribution in [0.2, 0.25) is 0 Å². The van der Waals surface area contributed by atoms with Crippen molar-refractivity contribution in [3.05, 3.63) is 76.3 Å². The number of benzene rings is 2. The number of nitrogens with zero attached hydrogens (tertiary/aromatic N) is 3. The number of anilines is 1. The lowest BCUT2D eigenvalue weighted by atomic mass is 10.1. The minimum absolute atomic E-state index is 0.238. The average molecular weight is 349 g/mol. The number of carbonyl (C=O) groups excluding carboxylic acids is 1. The van der Waals surface area contributed by atoms with Gasteiger partial charge in [-0.2, -0.15) is 14.9 Å². The molecule has 124 valence electrons. The van der Waals surface area contributed by atoms with Gasteiger partial charge in [-0.25, -0.2) is 0 Å². The molecular weight excluding hydrogens is 334 g/mol. The van der Waals surface area contributed by atoms with Gasteiger partial charge in [-0.05, 0) is 30.3 Å². The topological polar surface area (TPSA) is 75.1 Å². The summed E-state index contributed by atoms with van der Waals surface area (Å²) in [5.74, 6) is 0.455. The molecule has 0 spiro atoms. The second-order valence-electron chi connectivity index (χ2n) is 5.69. The third-order valence-electron chi connectivity index (χ3n) is 4.04. The first-order chi connectivity index (χ1) is 12.2. The number of aromatic amines is 1. The summed E-state index contributed by atoms with van der Waals surface area (Å²) in [4.78, 5) is 12.2. The lowest BCUT2D eigenvalue weighted by molar-refractivity contribution is -0.110. The number of carbonyl (C=O) groups is 1. The normalized spacial score (nSPS) is 14.6. The van der Waals surface area contributed by atoms with Crippen LogP contribution in [-0.2, 0) is 17.6 Å². The van der Waals surface area contributed by atoms with E-state index >= 15 is 0 Å². The fourth-order valence-electron chi connectivity index (χ4n) is 2.79. The SMILES string of the molecule is O=C1Nc2ccccc2/C1=N/n1c(CCc2ccccc2)n[nH]c1=S. The molecule has 25 heavy (non-hydrogen) atoms. The molecule has 0 fully saturated rings. The maximum atomic E-state index is 12.2. The zero-order valence-corrected chi connectivity index (χ0v) is 14.1. The van der Waals surface area contributed by atoms with Crippen LogP contribution in [0.1, 0.15) is 17.0 Å². The Morgan fingerprint density at radius 3 is 2.64 bits per heavy atom. The van der Waals surface area contributed by atoms with Crippen LogP contribution in [0.25, 0.3) is 0 Å². The summed E-state index contributed by atoms with van der Waals surface area (Å²) >= 11 is 5.28. The van der Waals surface area contributed by atoms with Crippen molar-refractivity contribution in [1.82, 2.24) is 14.9 Å². The summed E-state index contributed by atoms with van der Waals surface area (Å²) in [5, 5.41) is 14.3. The highest BCUT2D eigenvalue weighted by Gasteiger charge is 2.26. The van der Waals surface area contributed by atoms with E-state index in [1.165, 1.54) is 10.2 Å². The van der Waals surface area contributed by atoms with Gasteiger partial charge in [-0.1, -0.05) is 48.5 Å². The largest absolute Gasteiger partial charge is 0.320 e. The van der Waals surface area contributed by atoms with Gasteiger partial charge in [0, 0.05) is 12.0 Å². The molecule has 0 aliphatic carbocycles. The van der Waals surface area contributed by atoms with Gasteiger partial charge in [0.25, 0.3) is 5.91 Å². The minimum atomic E-state index is -0.238. The molecule has 7 heteroatoms. The molecule has 6 nitrogen and oxygen atoms in total. The summed E-state index contributed by atoms with van der Waals surface area (Å²) in [6.07, 6.45) is 1.48. The maximum absolute atomic E-state index is 12.2. The minimum Gasteiger partial charge on any atom is -0.320 e. The Balaban J connectivity index is 1.66. The highest BCUT2D eigenvalue weighted by Crippen LogP contribution is 2.23. The fraction of sp³-hybridized carbons (Fsp3) is 0.111. The third-order valence-corrected chi connectivity index (χ3v) is 4.31. The lowest BCUT2D eigenvalue weighted by Crippen LogP contribution is -2.16. The van der Waals surface area contributed by atoms with Crippen molar-refractivity contribution in [2.75, 3.05) is 5.32 Å². The highest BCUT2D eigenvalue weighted by molar-refractivity contribution is 7.71. The first-order valence-electron chi connectivity index (χ1n) is 7.92. The van der Waals surface area contributed by atoms with Crippen LogP contribution in [0, 0.1) is 4.77 Å². The fourth-order valence-corrected chi connectivity index (χ4v) is 2.98. The van der Waals surface area contributed by atoms with Gasteiger partial charge in [0.05, 0.1) is 5.69 Å². The van der Waals surface area contributed by atoms with Gasteiger partial charge in [-0.15, -0.1) is 0 Å². The van der Waals surface area contributed by atoms with Crippen LogP contribution in [-0.4, -0.2) is 26.5 Å². The van der Waals surface area contributed by atoms with Gasteiger partial charge in [0.15, 0.2) is 11.5 Å². The van der Waals surface area contributed by atoms with Crippen LogP contribution in [0.5, 0.6) is 0 Å². The van der Waals surface area contributed by atoms with E-state index in [4.69, 9.17) is 12.2 Å². The van der Waals surface area contributed by atoms with Crippen LogP contribution in [0.15, 0.2) is 59.7 Å². The number of aryl methyl sites for hydroxylation is 2. The van der Waals surface area contributed by atoms with Gasteiger partial charge in [0.2, 0.25) is 4.77 Å². The van der Waals surface area contributed by atoms with Crippen LogP contribution >= 0.6 is 12.2 Å². The Labute approximate surface area is 149 Å². The van der Waals surface area contributed by atoms with E-state index in [0.717, 1.165) is 17.7 Å². The molecule has 2 heterocycles. The van der Waals surface area contributed by atoms with Gasteiger partial charge in [-0.3, -0.25) is 9.89 Å². The number of para-hydroxylation sites is 1. The first-order valence-corrected chi connectivity index (χ1v) is 8.33. The maximum Gasteiger partial charge on any atom is 0.276 e. The molecular formula is C18H15N5OS. The Morgan fingerprint density at radius 2 is 1.80 bits per heavy atom. The predicted octanol–water partition coefficient (Wildman–Crippen LogP) is 2.93. The molecule has 1 aliphatic heterocycles. The van der Waals surface area contributed by atoms with E-state index in [1.807, 2.05) is 42.5 Å². The zero-order chi connectivity index (χ0) is 17.2. The van der Waals surface area contributed by atoms with Gasteiger partial charge >= 0.3 is 0 Å². The van der Waals surface area contributed by atoms with E-state index in [-0.39, 0.29) is 5.91 Å². The number of fused-ring (bicyclic) bond motifs is 1. The molecule has 0 atom stereocenters. The lowest BCUT2D eigenvalue weighted by Gasteiger charge is -2.03. The smallest absolute Gasteiger partial charge is 0.276 e. The Hall–Kier alpha value is -3.06. The van der Waals surface area contributed by atoms with Crippen molar-refractivity contribution in [1.29, 1.82) is 0 Å². The number of amides is 1. The number of hydrogen-bond acceptors (Lipinski definition) is 4. The molecule has 0 unspecified atom stereocenters. The summed E-state index contributed by atoms with van der Waals surface area (Å²) in [7, 11) is 0. The Morgan fingerprint density at radius 1 is 1.04 bits per heavy atom. The number of aromatic nitrogens is 3. The average Bonchev–Trinajstić information content (AvgIpc) is 3.15. The third kappa shape index (κ3) is 3.01. The first kappa shape index (κ1) is 15.5. The van der Waals surface area contributed by atoms with Crippen molar-refractivity contribution in [3.8, 4) is 0 Å². The Bertz CT molecular complexity index is 1020. The van der Waals surface area contributed by atoms with Crippen molar-refractivity contribution in [2.24, 2.45) is 5.10 Å². The second kappa shape index (κ2) is 6.45. The monoisotopic (exact) mass is 349 g/mol. The van der Waals surface area contributed by atoms with Crippen molar-refractivity contribution in [3.63, 3.8) is 0 Å². The van der Waals surface area contributed by atoms with Crippen LogP contribution in [0.4, 0.5) is 5.69 Å². The van der Waals surface area contributed by atoms with Crippen LogP contribution in [0.3, 0.4) is 0 Å². The molecule has 4 rings (SSSR count). The Kier molecular flexibility index (Phi) is 3.99. The van der Waals surface area contributed by atoms with Crippen LogP contribution < -0.4 is 5.32 Å². The molecule has 3 aromatic rings. The predicted molar refractivity (Wildman–Crippen MR) is 98.3 cm³/mol. The number of nitrogens with one attached hydrogen (secondary N) is 2. The quantitative estimate of drug-likeness (QED) is 0.711. The number of H-pyrrole nitrogens is 1. The molecule has 1 amide bonds. The number of hydrogen-bond donors (Lipinski definition) is 2. The molecule has 0 bridgehead atoms. The molecule has 0 radical (unpaired) electrons. The standard InChI is InChI=1S/C18H15N5OS/c24-17-16(13-8-4-5-9-14(13)19-17)22-23-15(20-21-18(23)25)11-10-12-6-2-1-3-7-12/h1-9H,10-11H2,(H,21,25)(H,19,22,24). The highest BCUT2D eigenvalue weighted by atomic mass is 32.1. The van der Waals surface area contributed by atoms with E-state index in [9.17, 15) is 4.79 Å². The summed E-state index contributed by atoms with van der Waals surface area (Å²) in [6.45, 7) is 0. The summed E-state index contributed by atoms with van der Waals surface area (Å²) in [6, 6.07) is 17.6. The summed E-state index contributed by atoms with van der Waals surface area (Å²) in [5.41, 5.74) is 3.07. The van der Waals surface area contributed by atoms with Gasteiger partial charge < -0.3 is 5.32 Å².